The van der Waals surface area contributed by atoms with Crippen LogP contribution in [0.1, 0.15) is 34.8 Å². The van der Waals surface area contributed by atoms with Gasteiger partial charge < -0.3 is 9.84 Å². The molecule has 132 valence electrons. The molecular formula is C21H19NO4. The number of aliphatic carboxylic acids is 1. The summed E-state index contributed by atoms with van der Waals surface area (Å²) in [6, 6.07) is 15.8. The van der Waals surface area contributed by atoms with Crippen molar-refractivity contribution in [3.8, 4) is 11.8 Å². The Morgan fingerprint density at radius 3 is 2.46 bits per heavy atom. The van der Waals surface area contributed by atoms with Crippen LogP contribution in [0.15, 0.2) is 54.1 Å². The third-order valence-corrected chi connectivity index (χ3v) is 3.69. The SMILES string of the molecule is CCCc1ccc(C(=O)/C(C#N)=C/c2ccccc2OCC(=O)O)cc1. The predicted octanol–water partition coefficient (Wildman–Crippen LogP) is 3.89. The summed E-state index contributed by atoms with van der Waals surface area (Å²) in [5.74, 6) is -1.19. The Balaban J connectivity index is 2.28. The van der Waals surface area contributed by atoms with E-state index in [4.69, 9.17) is 9.84 Å². The number of carboxylic acids is 1. The number of hydrogen-bond donors (Lipinski definition) is 1. The molecule has 5 heteroatoms. The van der Waals surface area contributed by atoms with E-state index in [2.05, 4.69) is 6.92 Å². The summed E-state index contributed by atoms with van der Waals surface area (Å²) in [6.07, 6.45) is 3.37. The van der Waals surface area contributed by atoms with Gasteiger partial charge in [-0.2, -0.15) is 5.26 Å². The summed E-state index contributed by atoms with van der Waals surface area (Å²) in [6.45, 7) is 1.58. The Labute approximate surface area is 152 Å². The van der Waals surface area contributed by atoms with Crippen molar-refractivity contribution in [3.05, 3.63) is 70.8 Å². The third kappa shape index (κ3) is 5.05. The molecule has 0 atom stereocenters. The van der Waals surface area contributed by atoms with Crippen molar-refractivity contribution in [2.24, 2.45) is 0 Å². The van der Waals surface area contributed by atoms with Crippen molar-refractivity contribution in [2.45, 2.75) is 19.8 Å². The number of ketones is 1. The van der Waals surface area contributed by atoms with Crippen molar-refractivity contribution in [3.63, 3.8) is 0 Å². The maximum absolute atomic E-state index is 12.6. The van der Waals surface area contributed by atoms with Gasteiger partial charge in [-0.05, 0) is 24.1 Å². The topological polar surface area (TPSA) is 87.4 Å². The number of carbonyl (C=O) groups is 2. The molecule has 0 fully saturated rings. The fourth-order valence-corrected chi connectivity index (χ4v) is 2.44. The molecule has 26 heavy (non-hydrogen) atoms. The summed E-state index contributed by atoms with van der Waals surface area (Å²) < 4.78 is 5.21. The summed E-state index contributed by atoms with van der Waals surface area (Å²) >= 11 is 0. The number of aryl methyl sites for hydroxylation is 1. The summed E-state index contributed by atoms with van der Waals surface area (Å²) in [7, 11) is 0. The number of para-hydroxylation sites is 1. The number of hydrogen-bond acceptors (Lipinski definition) is 4. The first-order valence-electron chi connectivity index (χ1n) is 8.24. The zero-order valence-corrected chi connectivity index (χ0v) is 14.4. The van der Waals surface area contributed by atoms with Crippen molar-refractivity contribution in [1.29, 1.82) is 5.26 Å². The minimum atomic E-state index is -1.10. The number of Topliss-reactive ketones (excluding diaryl/α,β-unsaturated/α-hetero) is 1. The van der Waals surface area contributed by atoms with Crippen LogP contribution in [0.4, 0.5) is 0 Å². The number of ether oxygens (including phenoxy) is 1. The molecular weight excluding hydrogens is 330 g/mol. The molecule has 0 aliphatic heterocycles. The van der Waals surface area contributed by atoms with Gasteiger partial charge in [0.1, 0.15) is 17.4 Å². The van der Waals surface area contributed by atoms with Crippen LogP contribution < -0.4 is 4.74 Å². The Kier molecular flexibility index (Phi) is 6.69. The standard InChI is InChI=1S/C21H19NO4/c1-2-5-15-8-10-16(11-9-15)21(25)18(13-22)12-17-6-3-4-7-19(17)26-14-20(23)24/h3-4,6-12H,2,5,14H2,1H3,(H,23,24)/b18-12+. The van der Waals surface area contributed by atoms with Gasteiger partial charge in [-0.15, -0.1) is 0 Å². The van der Waals surface area contributed by atoms with Crippen LogP contribution in [0.25, 0.3) is 6.08 Å². The molecule has 0 aliphatic rings. The Morgan fingerprint density at radius 2 is 1.85 bits per heavy atom. The van der Waals surface area contributed by atoms with Crippen molar-refractivity contribution >= 4 is 17.8 Å². The molecule has 0 radical (unpaired) electrons. The van der Waals surface area contributed by atoms with Crippen molar-refractivity contribution in [2.75, 3.05) is 6.61 Å². The lowest BCUT2D eigenvalue weighted by atomic mass is 9.99. The highest BCUT2D eigenvalue weighted by atomic mass is 16.5. The fourth-order valence-electron chi connectivity index (χ4n) is 2.44. The third-order valence-electron chi connectivity index (χ3n) is 3.69. The van der Waals surface area contributed by atoms with Gasteiger partial charge in [-0.3, -0.25) is 4.79 Å². The van der Waals surface area contributed by atoms with Crippen molar-refractivity contribution < 1.29 is 19.4 Å². The molecule has 0 heterocycles. The lowest BCUT2D eigenvalue weighted by Crippen LogP contribution is -2.10. The first kappa shape index (κ1) is 18.9. The quantitative estimate of drug-likeness (QED) is 0.444. The van der Waals surface area contributed by atoms with E-state index >= 15 is 0 Å². The normalized spacial score (nSPS) is 10.8. The number of benzene rings is 2. The van der Waals surface area contributed by atoms with E-state index in [0.717, 1.165) is 18.4 Å². The average Bonchev–Trinajstić information content (AvgIpc) is 2.65. The average molecular weight is 349 g/mol. The molecule has 5 nitrogen and oxygen atoms in total. The highest BCUT2D eigenvalue weighted by molar-refractivity contribution is 6.14. The van der Waals surface area contributed by atoms with Crippen LogP contribution in [0.2, 0.25) is 0 Å². The van der Waals surface area contributed by atoms with Gasteiger partial charge >= 0.3 is 5.97 Å². The second kappa shape index (κ2) is 9.19. The molecule has 0 aromatic heterocycles. The van der Waals surface area contributed by atoms with Gasteiger partial charge in [-0.25, -0.2) is 4.79 Å². The maximum Gasteiger partial charge on any atom is 0.341 e. The molecule has 2 aromatic rings. The van der Waals surface area contributed by atoms with E-state index in [-0.39, 0.29) is 11.4 Å². The molecule has 2 rings (SSSR count). The highest BCUT2D eigenvalue weighted by Crippen LogP contribution is 2.22. The number of nitriles is 1. The van der Waals surface area contributed by atoms with E-state index in [1.54, 1.807) is 36.4 Å². The number of carboxylic acid groups (broad SMARTS) is 1. The van der Waals surface area contributed by atoms with E-state index in [1.807, 2.05) is 18.2 Å². The van der Waals surface area contributed by atoms with E-state index < -0.39 is 12.6 Å². The monoisotopic (exact) mass is 349 g/mol. The van der Waals surface area contributed by atoms with Gasteiger partial charge in [-0.1, -0.05) is 55.8 Å². The lowest BCUT2D eigenvalue weighted by Gasteiger charge is -2.07. The summed E-state index contributed by atoms with van der Waals surface area (Å²) in [4.78, 5) is 23.3. The highest BCUT2D eigenvalue weighted by Gasteiger charge is 2.13. The van der Waals surface area contributed by atoms with Crippen molar-refractivity contribution in [1.82, 2.24) is 0 Å². The smallest absolute Gasteiger partial charge is 0.341 e. The summed E-state index contributed by atoms with van der Waals surface area (Å²) in [5, 5.41) is 18.1. The minimum absolute atomic E-state index is 0.0420. The molecule has 0 saturated carbocycles. The Hall–Kier alpha value is -3.39. The molecule has 0 bridgehead atoms. The number of rotatable bonds is 8. The molecule has 0 unspecified atom stereocenters. The van der Waals surface area contributed by atoms with Gasteiger partial charge in [0.15, 0.2) is 6.61 Å². The van der Waals surface area contributed by atoms with Gasteiger partial charge in [0.2, 0.25) is 5.78 Å². The van der Waals surface area contributed by atoms with Crippen LogP contribution in [0, 0.1) is 11.3 Å². The second-order valence-electron chi connectivity index (χ2n) is 5.67. The minimum Gasteiger partial charge on any atom is -0.481 e. The molecule has 0 amide bonds. The molecule has 0 aliphatic carbocycles. The van der Waals surface area contributed by atoms with Crippen LogP contribution in [0.5, 0.6) is 5.75 Å². The largest absolute Gasteiger partial charge is 0.481 e. The zero-order valence-electron chi connectivity index (χ0n) is 14.4. The number of allylic oxidation sites excluding steroid dienone is 1. The molecule has 0 spiro atoms. The summed E-state index contributed by atoms with van der Waals surface area (Å²) in [5.41, 5.74) is 2.00. The van der Waals surface area contributed by atoms with Gasteiger partial charge in [0, 0.05) is 11.1 Å². The maximum atomic E-state index is 12.6. The van der Waals surface area contributed by atoms with Gasteiger partial charge in [0.05, 0.1) is 0 Å². The first-order valence-corrected chi connectivity index (χ1v) is 8.24. The lowest BCUT2D eigenvalue weighted by molar-refractivity contribution is -0.139. The van der Waals surface area contributed by atoms with Crippen LogP contribution in [-0.2, 0) is 11.2 Å². The fraction of sp³-hybridized carbons (Fsp3) is 0.190. The van der Waals surface area contributed by atoms with Crippen LogP contribution >= 0.6 is 0 Å². The number of nitrogens with zero attached hydrogens (tertiary/aromatic N) is 1. The second-order valence-corrected chi connectivity index (χ2v) is 5.67. The molecule has 2 aromatic carbocycles. The Morgan fingerprint density at radius 1 is 1.15 bits per heavy atom. The van der Waals surface area contributed by atoms with Crippen LogP contribution in [0.3, 0.4) is 0 Å². The predicted molar refractivity (Wildman–Crippen MR) is 97.9 cm³/mol. The first-order chi connectivity index (χ1) is 12.5. The molecule has 0 saturated heterocycles. The van der Waals surface area contributed by atoms with E-state index in [0.29, 0.717) is 16.9 Å². The number of carbonyl (C=O) groups excluding carboxylic acids is 1. The zero-order chi connectivity index (χ0) is 18.9. The van der Waals surface area contributed by atoms with E-state index in [1.165, 1.54) is 6.08 Å². The molecule has 1 N–H and O–H groups in total. The Bertz CT molecular complexity index is 860. The van der Waals surface area contributed by atoms with Gasteiger partial charge in [0.25, 0.3) is 0 Å². The van der Waals surface area contributed by atoms with Crippen LogP contribution in [-0.4, -0.2) is 23.5 Å². The van der Waals surface area contributed by atoms with E-state index in [9.17, 15) is 14.9 Å².